The van der Waals surface area contributed by atoms with Crippen molar-refractivity contribution < 1.29 is 19.1 Å². The number of ether oxygens (including phenoxy) is 2. The molecule has 8 nitrogen and oxygen atoms in total. The summed E-state index contributed by atoms with van der Waals surface area (Å²) in [4.78, 5) is 27.0. The van der Waals surface area contributed by atoms with E-state index in [9.17, 15) is 9.59 Å². The highest BCUT2D eigenvalue weighted by Gasteiger charge is 2.19. The van der Waals surface area contributed by atoms with Crippen LogP contribution in [0.5, 0.6) is 0 Å². The highest BCUT2D eigenvalue weighted by atomic mass is 16.6. The lowest BCUT2D eigenvalue weighted by molar-refractivity contribution is 0.0561. The molecule has 22 heavy (non-hydrogen) atoms. The number of allylic oxidation sites excluding steroid dienone is 1. The van der Waals surface area contributed by atoms with Crippen molar-refractivity contribution in [2.75, 3.05) is 0 Å². The summed E-state index contributed by atoms with van der Waals surface area (Å²) in [7, 11) is 0. The molecule has 0 rings (SSSR count). The Labute approximate surface area is 130 Å². The number of alkyl carbamates (subject to hydrolysis) is 1. The van der Waals surface area contributed by atoms with Crippen LogP contribution in [0.2, 0.25) is 0 Å². The van der Waals surface area contributed by atoms with Crippen molar-refractivity contribution in [3.63, 3.8) is 0 Å². The minimum Gasteiger partial charge on any atom is -0.444 e. The van der Waals surface area contributed by atoms with Gasteiger partial charge in [-0.15, -0.1) is 4.99 Å². The van der Waals surface area contributed by atoms with Crippen LogP contribution >= 0.6 is 0 Å². The molecule has 0 atom stereocenters. The van der Waals surface area contributed by atoms with Crippen LogP contribution in [0.15, 0.2) is 17.3 Å². The molecule has 0 aliphatic heterocycles. The van der Waals surface area contributed by atoms with Crippen molar-refractivity contribution in [1.29, 1.82) is 5.41 Å². The smallest absolute Gasteiger partial charge is 0.437 e. The third kappa shape index (κ3) is 11.4. The topological polar surface area (TPSA) is 113 Å². The van der Waals surface area contributed by atoms with Crippen LogP contribution in [0, 0.1) is 5.41 Å². The van der Waals surface area contributed by atoms with E-state index in [2.05, 4.69) is 15.6 Å². The van der Waals surface area contributed by atoms with Crippen molar-refractivity contribution in [1.82, 2.24) is 10.6 Å². The highest BCUT2D eigenvalue weighted by Crippen LogP contribution is 2.08. The van der Waals surface area contributed by atoms with Gasteiger partial charge in [0.15, 0.2) is 0 Å². The summed E-state index contributed by atoms with van der Waals surface area (Å²) >= 11 is 0. The van der Waals surface area contributed by atoms with E-state index in [0.29, 0.717) is 0 Å². The van der Waals surface area contributed by atoms with Gasteiger partial charge < -0.3 is 20.2 Å². The van der Waals surface area contributed by atoms with Crippen LogP contribution in [0.3, 0.4) is 0 Å². The molecule has 124 valence electrons. The van der Waals surface area contributed by atoms with Gasteiger partial charge in [-0.2, -0.15) is 0 Å². The second-order valence-electron chi connectivity index (χ2n) is 6.24. The van der Waals surface area contributed by atoms with Crippen LogP contribution in [0.4, 0.5) is 9.59 Å². The van der Waals surface area contributed by atoms with Crippen molar-refractivity contribution in [2.45, 2.75) is 52.7 Å². The van der Waals surface area contributed by atoms with E-state index < -0.39 is 23.4 Å². The van der Waals surface area contributed by atoms with E-state index in [1.54, 1.807) is 41.5 Å². The molecule has 0 spiro atoms. The molecule has 0 aromatic carbocycles. The Kier molecular flexibility index (Phi) is 7.28. The van der Waals surface area contributed by atoms with Crippen LogP contribution in [-0.2, 0) is 9.47 Å². The van der Waals surface area contributed by atoms with Crippen molar-refractivity contribution in [3.05, 3.63) is 12.3 Å². The van der Waals surface area contributed by atoms with Gasteiger partial charge in [0.2, 0.25) is 5.96 Å². The Morgan fingerprint density at radius 3 is 2.05 bits per heavy atom. The number of carbonyl (C=O) groups excluding carboxylic acids is 2. The SMILES string of the molecule is CC(C)(C)OC(=O)/N=C(/N/C=C\C=N)NC(=O)OC(C)(C)C. The lowest BCUT2D eigenvalue weighted by atomic mass is 10.2. The van der Waals surface area contributed by atoms with Gasteiger partial charge in [-0.1, -0.05) is 0 Å². The fraction of sp³-hybridized carbons (Fsp3) is 0.571. The monoisotopic (exact) mass is 312 g/mol. The van der Waals surface area contributed by atoms with Crippen LogP contribution in [0.25, 0.3) is 0 Å². The normalized spacial score (nSPS) is 12.7. The summed E-state index contributed by atoms with van der Waals surface area (Å²) in [6, 6.07) is 0. The molecule has 0 saturated heterocycles. The zero-order valence-electron chi connectivity index (χ0n) is 13.8. The average Bonchev–Trinajstić information content (AvgIpc) is 2.23. The Hall–Kier alpha value is -2.38. The average molecular weight is 312 g/mol. The lowest BCUT2D eigenvalue weighted by Crippen LogP contribution is -2.42. The lowest BCUT2D eigenvalue weighted by Gasteiger charge is -2.20. The summed E-state index contributed by atoms with van der Waals surface area (Å²) in [6.07, 6.45) is 2.06. The second-order valence-corrected chi connectivity index (χ2v) is 6.24. The molecule has 3 N–H and O–H groups in total. The van der Waals surface area contributed by atoms with Gasteiger partial charge >= 0.3 is 12.2 Å². The number of hydrogen-bond donors (Lipinski definition) is 3. The molecule has 0 unspecified atom stereocenters. The fourth-order valence-corrected chi connectivity index (χ4v) is 1.05. The molecular weight excluding hydrogens is 288 g/mol. The predicted octanol–water partition coefficient (Wildman–Crippen LogP) is 2.56. The summed E-state index contributed by atoms with van der Waals surface area (Å²) in [5.41, 5.74) is -1.39. The van der Waals surface area contributed by atoms with Crippen LogP contribution in [-0.4, -0.2) is 35.6 Å². The molecule has 0 aromatic heterocycles. The molecule has 0 aliphatic rings. The van der Waals surface area contributed by atoms with Crippen molar-refractivity contribution in [3.8, 4) is 0 Å². The summed E-state index contributed by atoms with van der Waals surface area (Å²) < 4.78 is 10.1. The van der Waals surface area contributed by atoms with E-state index in [-0.39, 0.29) is 5.96 Å². The second kappa shape index (κ2) is 8.16. The maximum Gasteiger partial charge on any atom is 0.437 e. The summed E-state index contributed by atoms with van der Waals surface area (Å²) in [5.74, 6) is -0.165. The van der Waals surface area contributed by atoms with Gasteiger partial charge in [-0.25, -0.2) is 9.59 Å². The fourth-order valence-electron chi connectivity index (χ4n) is 1.05. The first-order valence-electron chi connectivity index (χ1n) is 6.67. The number of hydrogen-bond acceptors (Lipinski definition) is 5. The minimum atomic E-state index is -0.866. The quantitative estimate of drug-likeness (QED) is 0.535. The number of amides is 2. The predicted molar refractivity (Wildman–Crippen MR) is 84.1 cm³/mol. The van der Waals surface area contributed by atoms with Gasteiger partial charge in [0.1, 0.15) is 11.2 Å². The maximum atomic E-state index is 11.7. The summed E-state index contributed by atoms with van der Waals surface area (Å²) in [6.45, 7) is 10.2. The van der Waals surface area contributed by atoms with E-state index in [0.717, 1.165) is 6.21 Å². The van der Waals surface area contributed by atoms with Crippen LogP contribution in [0.1, 0.15) is 41.5 Å². The molecule has 0 aliphatic carbocycles. The van der Waals surface area contributed by atoms with Gasteiger partial charge in [0.05, 0.1) is 0 Å². The molecule has 0 heterocycles. The molecule has 2 amide bonds. The van der Waals surface area contributed by atoms with E-state index in [4.69, 9.17) is 14.9 Å². The van der Waals surface area contributed by atoms with Crippen molar-refractivity contribution >= 4 is 24.4 Å². The van der Waals surface area contributed by atoms with E-state index in [1.807, 2.05) is 0 Å². The first kappa shape index (κ1) is 19.6. The number of guanidine groups is 1. The molecule has 0 bridgehead atoms. The number of nitrogens with one attached hydrogen (secondary N) is 3. The van der Waals surface area contributed by atoms with Gasteiger partial charge in [-0.3, -0.25) is 5.32 Å². The highest BCUT2D eigenvalue weighted by molar-refractivity contribution is 5.99. The van der Waals surface area contributed by atoms with E-state index in [1.165, 1.54) is 12.3 Å². The number of carbonyl (C=O) groups is 2. The Morgan fingerprint density at radius 1 is 1.05 bits per heavy atom. The molecule has 0 aromatic rings. The van der Waals surface area contributed by atoms with E-state index >= 15 is 0 Å². The molecular formula is C14H24N4O4. The zero-order valence-corrected chi connectivity index (χ0v) is 13.8. The molecule has 0 fully saturated rings. The Bertz CT molecular complexity index is 470. The third-order valence-electron chi connectivity index (χ3n) is 1.63. The third-order valence-corrected chi connectivity index (χ3v) is 1.63. The number of nitrogens with zero attached hydrogens (tertiary/aromatic N) is 1. The van der Waals surface area contributed by atoms with Gasteiger partial charge in [0.25, 0.3) is 0 Å². The zero-order chi connectivity index (χ0) is 17.4. The number of rotatable bonds is 2. The Balaban J connectivity index is 4.96. The first-order chi connectivity index (χ1) is 9.93. The molecule has 0 saturated carbocycles. The maximum absolute atomic E-state index is 11.7. The first-order valence-corrected chi connectivity index (χ1v) is 6.67. The van der Waals surface area contributed by atoms with Crippen LogP contribution < -0.4 is 10.6 Å². The number of aliphatic imine (C=N–C) groups is 1. The van der Waals surface area contributed by atoms with Gasteiger partial charge in [-0.05, 0) is 47.6 Å². The Morgan fingerprint density at radius 2 is 1.59 bits per heavy atom. The molecule has 8 heteroatoms. The summed E-state index contributed by atoms with van der Waals surface area (Å²) in [5, 5.41) is 11.7. The molecule has 0 radical (unpaired) electrons. The standard InChI is InChI=1S/C14H24N4O4/c1-13(2,3)21-11(19)17-10(16-9-7-8-15)18-12(20)22-14(4,5)6/h7-9,15H,1-6H3,(H2,16,17,18,19,20)/b9-7-,15-8?. The largest absolute Gasteiger partial charge is 0.444 e. The van der Waals surface area contributed by atoms with Gasteiger partial charge in [0, 0.05) is 12.4 Å². The minimum absolute atomic E-state index is 0.165. The van der Waals surface area contributed by atoms with Crippen molar-refractivity contribution in [2.24, 2.45) is 4.99 Å².